The van der Waals surface area contributed by atoms with E-state index in [1.807, 2.05) is 19.1 Å². The van der Waals surface area contributed by atoms with Gasteiger partial charge in [-0.15, -0.1) is 0 Å². The van der Waals surface area contributed by atoms with E-state index in [1.54, 1.807) is 6.07 Å². The van der Waals surface area contributed by atoms with E-state index in [9.17, 15) is 4.39 Å². The Hall–Kier alpha value is -1.81. The van der Waals surface area contributed by atoms with Crippen molar-refractivity contribution in [2.75, 3.05) is 13.6 Å². The van der Waals surface area contributed by atoms with Crippen molar-refractivity contribution in [1.29, 1.82) is 0 Å². The second-order valence-electron chi connectivity index (χ2n) is 6.88. The van der Waals surface area contributed by atoms with Gasteiger partial charge in [-0.1, -0.05) is 29.3 Å². The number of aromatic nitrogens is 1. The Kier molecular flexibility index (Phi) is 4.55. The van der Waals surface area contributed by atoms with Crippen LogP contribution in [-0.4, -0.2) is 23.1 Å². The van der Waals surface area contributed by atoms with Crippen LogP contribution in [0.1, 0.15) is 23.7 Å². The highest BCUT2D eigenvalue weighted by Gasteiger charge is 2.22. The van der Waals surface area contributed by atoms with Crippen LogP contribution in [0.3, 0.4) is 0 Å². The summed E-state index contributed by atoms with van der Waals surface area (Å²) in [6, 6.07) is 10.5. The van der Waals surface area contributed by atoms with Crippen molar-refractivity contribution in [3.05, 3.63) is 69.1 Å². The van der Waals surface area contributed by atoms with Gasteiger partial charge in [0.05, 0.1) is 10.5 Å². The third-order valence-corrected chi connectivity index (χ3v) is 5.57. The van der Waals surface area contributed by atoms with Gasteiger partial charge >= 0.3 is 0 Å². The van der Waals surface area contributed by atoms with Gasteiger partial charge < -0.3 is 9.47 Å². The Bertz CT molecular complexity index is 1040. The third-order valence-electron chi connectivity index (χ3n) is 5.02. The molecule has 0 radical (unpaired) electrons. The van der Waals surface area contributed by atoms with Gasteiger partial charge in [-0.05, 0) is 61.0 Å². The van der Waals surface area contributed by atoms with Gasteiger partial charge in [-0.3, -0.25) is 0 Å². The molecule has 2 aromatic carbocycles. The molecule has 5 heteroatoms. The molecule has 0 amide bonds. The van der Waals surface area contributed by atoms with Crippen LogP contribution in [0.2, 0.25) is 10.0 Å². The highest BCUT2D eigenvalue weighted by molar-refractivity contribution is 6.32. The molecule has 0 aliphatic carbocycles. The van der Waals surface area contributed by atoms with E-state index >= 15 is 0 Å². The molecule has 134 valence electrons. The Morgan fingerprint density at radius 3 is 2.73 bits per heavy atom. The maximum absolute atomic E-state index is 13.4. The summed E-state index contributed by atoms with van der Waals surface area (Å²) >= 11 is 12.5. The molecule has 26 heavy (non-hydrogen) atoms. The van der Waals surface area contributed by atoms with E-state index in [1.165, 1.54) is 28.8 Å². The molecule has 0 atom stereocenters. The van der Waals surface area contributed by atoms with Gasteiger partial charge in [0, 0.05) is 41.8 Å². The minimum absolute atomic E-state index is 0.326. The summed E-state index contributed by atoms with van der Waals surface area (Å²) in [5.74, 6) is -0.326. The molecule has 2 heterocycles. The van der Waals surface area contributed by atoms with Crippen LogP contribution >= 0.6 is 23.2 Å². The molecule has 3 aromatic rings. The number of halogens is 3. The van der Waals surface area contributed by atoms with Crippen molar-refractivity contribution in [2.45, 2.75) is 19.9 Å². The van der Waals surface area contributed by atoms with E-state index in [-0.39, 0.29) is 5.82 Å². The monoisotopic (exact) mass is 388 g/mol. The number of likely N-dealkylation sites (N-methyl/N-ethyl adjacent to an activating group) is 1. The molecule has 0 saturated heterocycles. The highest BCUT2D eigenvalue weighted by Crippen LogP contribution is 2.34. The zero-order valence-electron chi connectivity index (χ0n) is 14.7. The third kappa shape index (κ3) is 3.05. The predicted octanol–water partition coefficient (Wildman–Crippen LogP) is 6.09. The number of nitrogens with zero attached hydrogens (tertiary/aromatic N) is 2. The van der Waals surface area contributed by atoms with Crippen molar-refractivity contribution >= 4 is 45.9 Å². The molecule has 1 aliphatic heterocycles. The van der Waals surface area contributed by atoms with Crippen molar-refractivity contribution < 1.29 is 4.39 Å². The first-order valence-corrected chi connectivity index (χ1v) is 9.33. The maximum atomic E-state index is 13.4. The van der Waals surface area contributed by atoms with Crippen LogP contribution in [0.25, 0.3) is 22.7 Å². The Morgan fingerprint density at radius 2 is 1.96 bits per heavy atom. The van der Waals surface area contributed by atoms with Gasteiger partial charge in [0.1, 0.15) is 5.82 Å². The molecule has 0 saturated carbocycles. The van der Waals surface area contributed by atoms with Crippen LogP contribution < -0.4 is 0 Å². The number of hydrogen-bond donors (Lipinski definition) is 0. The molecular weight excluding hydrogens is 370 g/mol. The maximum Gasteiger partial charge on any atom is 0.124 e. The lowest BCUT2D eigenvalue weighted by Gasteiger charge is -2.23. The van der Waals surface area contributed by atoms with Crippen molar-refractivity contribution in [3.63, 3.8) is 0 Å². The number of fused-ring (bicyclic) bond motifs is 3. The highest BCUT2D eigenvalue weighted by atomic mass is 35.5. The lowest BCUT2D eigenvalue weighted by Crippen LogP contribution is -2.26. The Morgan fingerprint density at radius 1 is 1.15 bits per heavy atom. The summed E-state index contributed by atoms with van der Waals surface area (Å²) in [5.41, 5.74) is 5.59. The first kappa shape index (κ1) is 17.6. The largest absolute Gasteiger partial charge is 0.320 e. The van der Waals surface area contributed by atoms with Crippen LogP contribution in [0.4, 0.5) is 4.39 Å². The van der Waals surface area contributed by atoms with Crippen LogP contribution in [0.5, 0.6) is 0 Å². The average Bonchev–Trinajstić information content (AvgIpc) is 2.87. The average molecular weight is 389 g/mol. The second kappa shape index (κ2) is 6.73. The summed E-state index contributed by atoms with van der Waals surface area (Å²) in [6.45, 7) is 3.92. The minimum atomic E-state index is -0.326. The fourth-order valence-electron chi connectivity index (χ4n) is 3.72. The first-order valence-electron chi connectivity index (χ1n) is 8.57. The van der Waals surface area contributed by atoms with E-state index in [0.29, 0.717) is 5.02 Å². The number of rotatable bonds is 2. The van der Waals surface area contributed by atoms with Gasteiger partial charge in [0.25, 0.3) is 0 Å². The lowest BCUT2D eigenvalue weighted by atomic mass is 10.1. The van der Waals surface area contributed by atoms with Gasteiger partial charge in [-0.2, -0.15) is 0 Å². The van der Waals surface area contributed by atoms with Crippen molar-refractivity contribution in [3.8, 4) is 0 Å². The molecule has 0 spiro atoms. The molecular formula is C21H19Cl2FN2. The lowest BCUT2D eigenvalue weighted by molar-refractivity contribution is 0.312. The van der Waals surface area contributed by atoms with Crippen LogP contribution in [0.15, 0.2) is 36.4 Å². The molecule has 0 bridgehead atoms. The quantitative estimate of drug-likeness (QED) is 0.515. The SMILES string of the molecule is CC(=Cn1c2c(c3cc(Cl)ccc31)CN(C)CC2)c1ccc(F)cc1Cl. The Balaban J connectivity index is 1.91. The molecule has 1 aliphatic rings. The fourth-order valence-corrected chi connectivity index (χ4v) is 4.21. The zero-order chi connectivity index (χ0) is 18.4. The molecule has 4 rings (SSSR count). The van der Waals surface area contributed by atoms with Gasteiger partial charge in [-0.25, -0.2) is 4.39 Å². The van der Waals surface area contributed by atoms with Crippen LogP contribution in [-0.2, 0) is 13.0 Å². The summed E-state index contributed by atoms with van der Waals surface area (Å²) in [4.78, 5) is 2.32. The molecule has 2 nitrogen and oxygen atoms in total. The van der Waals surface area contributed by atoms with E-state index < -0.39 is 0 Å². The van der Waals surface area contributed by atoms with E-state index in [0.717, 1.165) is 41.2 Å². The molecule has 0 fully saturated rings. The van der Waals surface area contributed by atoms with Crippen molar-refractivity contribution in [2.24, 2.45) is 0 Å². The number of hydrogen-bond acceptors (Lipinski definition) is 1. The summed E-state index contributed by atoms with van der Waals surface area (Å²) in [7, 11) is 2.13. The smallest absolute Gasteiger partial charge is 0.124 e. The van der Waals surface area contributed by atoms with E-state index in [4.69, 9.17) is 23.2 Å². The first-order chi connectivity index (χ1) is 12.4. The standard InChI is InChI=1S/C21H19Cl2FN2/c1-13(16-5-4-15(24)10-19(16)23)11-26-20-6-3-14(22)9-17(20)18-12-25(2)8-7-21(18)26/h3-6,9-11H,7-8,12H2,1-2H3. The topological polar surface area (TPSA) is 8.17 Å². The number of benzene rings is 2. The van der Waals surface area contributed by atoms with Crippen LogP contribution in [0, 0.1) is 5.82 Å². The van der Waals surface area contributed by atoms with Crippen molar-refractivity contribution in [1.82, 2.24) is 9.47 Å². The summed E-state index contributed by atoms with van der Waals surface area (Å²) < 4.78 is 15.6. The normalized spacial score (nSPS) is 15.5. The number of allylic oxidation sites excluding steroid dienone is 1. The van der Waals surface area contributed by atoms with Gasteiger partial charge in [0.15, 0.2) is 0 Å². The molecule has 1 aromatic heterocycles. The zero-order valence-corrected chi connectivity index (χ0v) is 16.2. The minimum Gasteiger partial charge on any atom is -0.320 e. The summed E-state index contributed by atoms with van der Waals surface area (Å²) in [6.07, 6.45) is 3.07. The van der Waals surface area contributed by atoms with E-state index in [2.05, 4.69) is 28.8 Å². The second-order valence-corrected chi connectivity index (χ2v) is 7.72. The molecule has 0 N–H and O–H groups in total. The fraction of sp³-hybridized carbons (Fsp3) is 0.238. The van der Waals surface area contributed by atoms with Gasteiger partial charge in [0.2, 0.25) is 0 Å². The Labute approximate surface area is 162 Å². The predicted molar refractivity (Wildman–Crippen MR) is 108 cm³/mol. The summed E-state index contributed by atoms with van der Waals surface area (Å²) in [5, 5.41) is 2.35. The molecule has 0 unspecified atom stereocenters.